The van der Waals surface area contributed by atoms with Crippen molar-refractivity contribution in [3.05, 3.63) is 29.8 Å². The van der Waals surface area contributed by atoms with Gasteiger partial charge in [-0.2, -0.15) is 0 Å². The molecule has 0 spiro atoms. The van der Waals surface area contributed by atoms with Crippen LogP contribution in [0.1, 0.15) is 12.5 Å². The topological polar surface area (TPSA) is 52.9 Å². The fourth-order valence-corrected chi connectivity index (χ4v) is 1.74. The minimum absolute atomic E-state index is 0.573. The van der Waals surface area contributed by atoms with Gasteiger partial charge in [-0.15, -0.1) is 0 Å². The predicted octanol–water partition coefficient (Wildman–Crippen LogP) is -0.165. The lowest BCUT2D eigenvalue weighted by Gasteiger charge is -2.21. The van der Waals surface area contributed by atoms with Crippen LogP contribution in [0.25, 0.3) is 0 Å². The molecule has 0 unspecified atom stereocenters. The highest BCUT2D eigenvalue weighted by atomic mass is 16.5. The van der Waals surface area contributed by atoms with Crippen molar-refractivity contribution in [2.75, 3.05) is 26.8 Å². The van der Waals surface area contributed by atoms with Crippen molar-refractivity contribution in [2.45, 2.75) is 13.5 Å². The minimum Gasteiger partial charge on any atom is -0.423 e. The van der Waals surface area contributed by atoms with Crippen LogP contribution in [0.2, 0.25) is 0 Å². The third-order valence-corrected chi connectivity index (χ3v) is 2.79. The fraction of sp³-hybridized carbons (Fsp3) is 0.500. The van der Waals surface area contributed by atoms with Gasteiger partial charge in [0.25, 0.3) is 0 Å². The lowest BCUT2D eigenvalue weighted by molar-refractivity contribution is 0.147. The van der Waals surface area contributed by atoms with E-state index in [1.54, 1.807) is 13.2 Å². The molecule has 94 valence electrons. The molecule has 0 aromatic heterocycles. The largest absolute Gasteiger partial charge is 0.488 e. The molecule has 0 radical (unpaired) electrons. The van der Waals surface area contributed by atoms with Crippen LogP contribution in [-0.4, -0.2) is 48.9 Å². The van der Waals surface area contributed by atoms with Crippen LogP contribution in [0.4, 0.5) is 0 Å². The molecule has 0 saturated carbocycles. The smallest absolute Gasteiger partial charge is 0.423 e. The number of methoxy groups -OCH3 is 1. The first-order valence-corrected chi connectivity index (χ1v) is 5.84. The summed E-state index contributed by atoms with van der Waals surface area (Å²) >= 11 is 0. The zero-order valence-electron chi connectivity index (χ0n) is 10.5. The van der Waals surface area contributed by atoms with Gasteiger partial charge in [-0.25, -0.2) is 0 Å². The third kappa shape index (κ3) is 4.48. The molecule has 0 aliphatic rings. The first-order valence-electron chi connectivity index (χ1n) is 5.84. The predicted molar refractivity (Wildman–Crippen MR) is 69.1 cm³/mol. The Labute approximate surface area is 103 Å². The Kier molecular flexibility index (Phi) is 6.22. The molecule has 1 aromatic carbocycles. The van der Waals surface area contributed by atoms with Gasteiger partial charge >= 0.3 is 7.12 Å². The van der Waals surface area contributed by atoms with Gasteiger partial charge in [-0.3, -0.25) is 4.90 Å². The standard InChI is InChI=1S/C12H20BNO3/c1-3-14(8-9-17-2)10-11-6-4-5-7-12(11)13(15)16/h4-7,15-16H,3,8-10H2,1-2H3. The second kappa shape index (κ2) is 7.45. The van der Waals surface area contributed by atoms with Crippen molar-refractivity contribution in [3.63, 3.8) is 0 Å². The molecule has 2 N–H and O–H groups in total. The molecule has 5 heteroatoms. The molecule has 1 rings (SSSR count). The van der Waals surface area contributed by atoms with Gasteiger partial charge < -0.3 is 14.8 Å². The second-order valence-corrected chi connectivity index (χ2v) is 3.93. The second-order valence-electron chi connectivity index (χ2n) is 3.93. The Morgan fingerprint density at radius 1 is 1.29 bits per heavy atom. The fourth-order valence-electron chi connectivity index (χ4n) is 1.74. The molecule has 4 nitrogen and oxygen atoms in total. The van der Waals surface area contributed by atoms with Crippen LogP contribution >= 0.6 is 0 Å². The SMILES string of the molecule is CCN(CCOC)Cc1ccccc1B(O)O. The maximum atomic E-state index is 9.28. The molecule has 0 amide bonds. The van der Waals surface area contributed by atoms with Gasteiger partial charge in [-0.05, 0) is 17.6 Å². The van der Waals surface area contributed by atoms with Crippen molar-refractivity contribution < 1.29 is 14.8 Å². The van der Waals surface area contributed by atoms with Gasteiger partial charge in [-0.1, -0.05) is 31.2 Å². The number of nitrogens with zero attached hydrogens (tertiary/aromatic N) is 1. The molecule has 0 atom stereocenters. The first kappa shape index (κ1) is 14.2. The highest BCUT2D eigenvalue weighted by Gasteiger charge is 2.16. The summed E-state index contributed by atoms with van der Waals surface area (Å²) in [6, 6.07) is 7.38. The average molecular weight is 237 g/mol. The minimum atomic E-state index is -1.41. The molecule has 0 bridgehead atoms. The van der Waals surface area contributed by atoms with Crippen molar-refractivity contribution in [1.82, 2.24) is 4.90 Å². The summed E-state index contributed by atoms with van der Waals surface area (Å²) in [6.07, 6.45) is 0. The monoisotopic (exact) mass is 237 g/mol. The van der Waals surface area contributed by atoms with Crippen LogP contribution in [0.3, 0.4) is 0 Å². The maximum Gasteiger partial charge on any atom is 0.488 e. The Morgan fingerprint density at radius 3 is 2.59 bits per heavy atom. The van der Waals surface area contributed by atoms with E-state index >= 15 is 0 Å². The van der Waals surface area contributed by atoms with Gasteiger partial charge in [0.1, 0.15) is 0 Å². The normalized spacial score (nSPS) is 10.9. The maximum absolute atomic E-state index is 9.28. The van der Waals surface area contributed by atoms with Crippen molar-refractivity contribution in [3.8, 4) is 0 Å². The van der Waals surface area contributed by atoms with E-state index in [2.05, 4.69) is 11.8 Å². The Morgan fingerprint density at radius 2 is 2.00 bits per heavy atom. The third-order valence-electron chi connectivity index (χ3n) is 2.79. The van der Waals surface area contributed by atoms with E-state index in [0.29, 0.717) is 18.6 Å². The molecule has 0 aliphatic carbocycles. The van der Waals surface area contributed by atoms with Crippen LogP contribution < -0.4 is 5.46 Å². The van der Waals surface area contributed by atoms with Crippen LogP contribution in [-0.2, 0) is 11.3 Å². The van der Waals surface area contributed by atoms with Gasteiger partial charge in [0.2, 0.25) is 0 Å². The number of ether oxygens (including phenoxy) is 1. The molecular formula is C12H20BNO3. The molecule has 0 aliphatic heterocycles. The number of likely N-dealkylation sites (N-methyl/N-ethyl adjacent to an activating group) is 1. The highest BCUT2D eigenvalue weighted by Crippen LogP contribution is 2.03. The summed E-state index contributed by atoms with van der Waals surface area (Å²) in [5.41, 5.74) is 1.52. The van der Waals surface area contributed by atoms with Crippen LogP contribution in [0.15, 0.2) is 24.3 Å². The van der Waals surface area contributed by atoms with Crippen molar-refractivity contribution in [2.24, 2.45) is 0 Å². The Hall–Kier alpha value is -0.875. The zero-order valence-corrected chi connectivity index (χ0v) is 10.5. The summed E-state index contributed by atoms with van der Waals surface area (Å²) in [6.45, 7) is 5.20. The Balaban J connectivity index is 2.71. The lowest BCUT2D eigenvalue weighted by Crippen LogP contribution is -2.36. The quantitative estimate of drug-likeness (QED) is 0.647. The summed E-state index contributed by atoms with van der Waals surface area (Å²) in [7, 11) is 0.270. The van der Waals surface area contributed by atoms with E-state index < -0.39 is 7.12 Å². The number of hydrogen-bond donors (Lipinski definition) is 2. The van der Waals surface area contributed by atoms with Crippen LogP contribution in [0, 0.1) is 0 Å². The van der Waals surface area contributed by atoms with E-state index in [4.69, 9.17) is 4.74 Å². The van der Waals surface area contributed by atoms with E-state index in [1.165, 1.54) is 0 Å². The van der Waals surface area contributed by atoms with Gasteiger partial charge in [0.05, 0.1) is 6.61 Å². The molecule has 0 fully saturated rings. The van der Waals surface area contributed by atoms with E-state index in [0.717, 1.165) is 18.7 Å². The molecule has 0 saturated heterocycles. The number of benzene rings is 1. The number of rotatable bonds is 7. The lowest BCUT2D eigenvalue weighted by atomic mass is 9.77. The van der Waals surface area contributed by atoms with E-state index in [-0.39, 0.29) is 0 Å². The molecule has 0 heterocycles. The molecule has 17 heavy (non-hydrogen) atoms. The van der Waals surface area contributed by atoms with E-state index in [9.17, 15) is 10.0 Å². The van der Waals surface area contributed by atoms with Gasteiger partial charge in [0.15, 0.2) is 0 Å². The molecular weight excluding hydrogens is 217 g/mol. The van der Waals surface area contributed by atoms with Crippen molar-refractivity contribution in [1.29, 1.82) is 0 Å². The summed E-state index contributed by atoms with van der Waals surface area (Å²) in [4.78, 5) is 2.20. The summed E-state index contributed by atoms with van der Waals surface area (Å²) in [5, 5.41) is 18.6. The van der Waals surface area contributed by atoms with E-state index in [1.807, 2.05) is 18.2 Å². The zero-order chi connectivity index (χ0) is 12.7. The highest BCUT2D eigenvalue weighted by molar-refractivity contribution is 6.59. The first-order chi connectivity index (χ1) is 8.19. The van der Waals surface area contributed by atoms with Gasteiger partial charge in [0, 0.05) is 20.2 Å². The molecule has 1 aromatic rings. The summed E-state index contributed by atoms with van der Waals surface area (Å²) in [5.74, 6) is 0. The van der Waals surface area contributed by atoms with Crippen LogP contribution in [0.5, 0.6) is 0 Å². The summed E-state index contributed by atoms with van der Waals surface area (Å²) < 4.78 is 5.05. The Bertz CT molecular complexity index is 333. The van der Waals surface area contributed by atoms with Crippen molar-refractivity contribution >= 4 is 12.6 Å². The average Bonchev–Trinajstić information content (AvgIpc) is 2.34. The number of hydrogen-bond acceptors (Lipinski definition) is 4.